The second-order valence-corrected chi connectivity index (χ2v) is 7.06. The lowest BCUT2D eigenvalue weighted by molar-refractivity contribution is 0.0697. The number of carboxylic acid groups (broad SMARTS) is 1. The third-order valence-electron chi connectivity index (χ3n) is 4.39. The molecule has 4 rings (SSSR count). The number of benzene rings is 1. The van der Waals surface area contributed by atoms with Crippen LogP contribution >= 0.6 is 11.3 Å². The molecule has 1 aliphatic rings. The maximum atomic E-state index is 12.5. The number of aryl methyl sites for hydroxylation is 1. The molecule has 2 aromatic heterocycles. The third kappa shape index (κ3) is 2.85. The maximum Gasteiger partial charge on any atom is 0.339 e. The Bertz CT molecular complexity index is 940. The van der Waals surface area contributed by atoms with Crippen LogP contribution in [-0.4, -0.2) is 21.6 Å². The van der Waals surface area contributed by atoms with Gasteiger partial charge in [0.15, 0.2) is 0 Å². The summed E-state index contributed by atoms with van der Waals surface area (Å²) in [5.74, 6) is -1.26. The molecule has 2 heterocycles. The molecule has 6 heteroatoms. The first-order valence-electron chi connectivity index (χ1n) is 8.06. The number of thiophene rings is 1. The monoisotopic (exact) mass is 352 g/mol. The number of aromatic nitrogens is 1. The largest absolute Gasteiger partial charge is 0.478 e. The number of anilines is 1. The summed E-state index contributed by atoms with van der Waals surface area (Å²) in [5.41, 5.74) is 2.61. The Kier molecular flexibility index (Phi) is 3.89. The molecule has 0 fully saturated rings. The highest BCUT2D eigenvalue weighted by Gasteiger charge is 2.27. The molecule has 25 heavy (non-hydrogen) atoms. The van der Waals surface area contributed by atoms with Crippen molar-refractivity contribution in [3.63, 3.8) is 0 Å². The summed E-state index contributed by atoms with van der Waals surface area (Å²) in [6.45, 7) is 0. The SMILES string of the molecule is O=C(Nc1sc2c(c1C(=O)O)CCC2)c1ccc(-n2cccc2)cc1. The molecule has 126 valence electrons. The molecule has 0 spiro atoms. The van der Waals surface area contributed by atoms with Gasteiger partial charge in [-0.15, -0.1) is 11.3 Å². The fraction of sp³-hybridized carbons (Fsp3) is 0.158. The van der Waals surface area contributed by atoms with Gasteiger partial charge >= 0.3 is 5.97 Å². The Morgan fingerprint density at radius 2 is 1.80 bits per heavy atom. The molecule has 1 aromatic carbocycles. The van der Waals surface area contributed by atoms with E-state index in [1.54, 1.807) is 12.1 Å². The smallest absolute Gasteiger partial charge is 0.339 e. The Hall–Kier alpha value is -2.86. The van der Waals surface area contributed by atoms with E-state index in [0.29, 0.717) is 10.6 Å². The molecule has 0 bridgehead atoms. The third-order valence-corrected chi connectivity index (χ3v) is 5.60. The first kappa shape index (κ1) is 15.7. The van der Waals surface area contributed by atoms with Crippen LogP contribution in [0, 0.1) is 0 Å². The lowest BCUT2D eigenvalue weighted by Crippen LogP contribution is -2.14. The van der Waals surface area contributed by atoms with E-state index in [4.69, 9.17) is 0 Å². The van der Waals surface area contributed by atoms with Crippen molar-refractivity contribution < 1.29 is 14.7 Å². The molecule has 0 unspecified atom stereocenters. The molecular formula is C19H16N2O3S. The zero-order valence-corrected chi connectivity index (χ0v) is 14.2. The number of hydrogen-bond acceptors (Lipinski definition) is 3. The van der Waals surface area contributed by atoms with Crippen molar-refractivity contribution in [1.82, 2.24) is 4.57 Å². The first-order chi connectivity index (χ1) is 12.1. The Balaban J connectivity index is 1.58. The van der Waals surface area contributed by atoms with Crippen LogP contribution in [0.15, 0.2) is 48.8 Å². The molecule has 1 aliphatic carbocycles. The van der Waals surface area contributed by atoms with Crippen molar-refractivity contribution >= 4 is 28.2 Å². The zero-order chi connectivity index (χ0) is 17.4. The summed E-state index contributed by atoms with van der Waals surface area (Å²) in [4.78, 5) is 25.2. The Morgan fingerprint density at radius 3 is 2.48 bits per heavy atom. The van der Waals surface area contributed by atoms with Crippen LogP contribution in [0.2, 0.25) is 0 Å². The van der Waals surface area contributed by atoms with Gasteiger partial charge in [-0.05, 0) is 61.2 Å². The van der Waals surface area contributed by atoms with E-state index in [1.807, 2.05) is 41.2 Å². The van der Waals surface area contributed by atoms with Gasteiger partial charge in [0.2, 0.25) is 0 Å². The zero-order valence-electron chi connectivity index (χ0n) is 13.4. The van der Waals surface area contributed by atoms with Gasteiger partial charge in [-0.3, -0.25) is 4.79 Å². The fourth-order valence-electron chi connectivity index (χ4n) is 3.19. The van der Waals surface area contributed by atoms with Gasteiger partial charge in [-0.2, -0.15) is 0 Å². The summed E-state index contributed by atoms with van der Waals surface area (Å²) in [7, 11) is 0. The second-order valence-electron chi connectivity index (χ2n) is 5.96. The van der Waals surface area contributed by atoms with E-state index >= 15 is 0 Å². The standard InChI is InChI=1S/C19H16N2O3S/c22-17(12-6-8-13(9-7-12)21-10-1-2-11-21)20-18-16(19(23)24)14-4-3-5-15(14)25-18/h1-2,6-11H,3-5H2,(H,20,22)(H,23,24). The highest BCUT2D eigenvalue weighted by Crippen LogP contribution is 2.39. The molecule has 0 saturated carbocycles. The van der Waals surface area contributed by atoms with Crippen LogP contribution in [0.25, 0.3) is 5.69 Å². The quantitative estimate of drug-likeness (QED) is 0.746. The maximum absolute atomic E-state index is 12.5. The normalized spacial score (nSPS) is 12.8. The van der Waals surface area contributed by atoms with Gasteiger partial charge in [-0.1, -0.05) is 0 Å². The molecule has 0 atom stereocenters. The highest BCUT2D eigenvalue weighted by atomic mass is 32.1. The minimum absolute atomic E-state index is 0.259. The summed E-state index contributed by atoms with van der Waals surface area (Å²) in [6.07, 6.45) is 6.51. The summed E-state index contributed by atoms with van der Waals surface area (Å²) >= 11 is 1.38. The molecule has 1 amide bonds. The van der Waals surface area contributed by atoms with Gasteiger partial charge in [0.1, 0.15) is 5.00 Å². The van der Waals surface area contributed by atoms with E-state index < -0.39 is 5.97 Å². The Labute approximate surface area is 148 Å². The van der Waals surface area contributed by atoms with E-state index in [1.165, 1.54) is 11.3 Å². The number of hydrogen-bond donors (Lipinski definition) is 2. The molecular weight excluding hydrogens is 336 g/mol. The van der Waals surface area contributed by atoms with Crippen molar-refractivity contribution in [2.24, 2.45) is 0 Å². The van der Waals surface area contributed by atoms with Gasteiger partial charge in [0, 0.05) is 28.5 Å². The topological polar surface area (TPSA) is 71.3 Å². The second kappa shape index (κ2) is 6.22. The number of carboxylic acids is 1. The summed E-state index contributed by atoms with van der Waals surface area (Å²) in [6, 6.07) is 11.1. The molecule has 3 aromatic rings. The van der Waals surface area contributed by atoms with E-state index in [2.05, 4.69) is 5.32 Å². The van der Waals surface area contributed by atoms with Crippen molar-refractivity contribution in [3.8, 4) is 5.69 Å². The lowest BCUT2D eigenvalue weighted by atomic mass is 10.1. The minimum atomic E-state index is -0.974. The van der Waals surface area contributed by atoms with Gasteiger partial charge in [0.05, 0.1) is 5.56 Å². The lowest BCUT2D eigenvalue weighted by Gasteiger charge is -2.07. The number of amides is 1. The molecule has 0 radical (unpaired) electrons. The molecule has 0 aliphatic heterocycles. The van der Waals surface area contributed by atoms with Crippen LogP contribution in [0.5, 0.6) is 0 Å². The number of nitrogens with one attached hydrogen (secondary N) is 1. The van der Waals surface area contributed by atoms with Crippen LogP contribution in [0.4, 0.5) is 5.00 Å². The Morgan fingerprint density at radius 1 is 1.08 bits per heavy atom. The average molecular weight is 352 g/mol. The number of aromatic carboxylic acids is 1. The van der Waals surface area contributed by atoms with E-state index in [9.17, 15) is 14.7 Å². The van der Waals surface area contributed by atoms with Crippen molar-refractivity contribution in [2.45, 2.75) is 19.3 Å². The number of carbonyl (C=O) groups is 2. The molecule has 5 nitrogen and oxygen atoms in total. The number of fused-ring (bicyclic) bond motifs is 1. The van der Waals surface area contributed by atoms with Gasteiger partial charge in [-0.25, -0.2) is 4.79 Å². The number of carbonyl (C=O) groups excluding carboxylic acids is 1. The van der Waals surface area contributed by atoms with Crippen LogP contribution in [-0.2, 0) is 12.8 Å². The van der Waals surface area contributed by atoms with Crippen LogP contribution in [0.3, 0.4) is 0 Å². The summed E-state index contributed by atoms with van der Waals surface area (Å²) in [5, 5.41) is 12.7. The van der Waals surface area contributed by atoms with E-state index in [0.717, 1.165) is 35.4 Å². The fourth-order valence-corrected chi connectivity index (χ4v) is 4.46. The van der Waals surface area contributed by atoms with Crippen molar-refractivity contribution in [3.05, 3.63) is 70.4 Å². The predicted octanol–water partition coefficient (Wildman–Crippen LogP) is 3.98. The highest BCUT2D eigenvalue weighted by molar-refractivity contribution is 7.17. The van der Waals surface area contributed by atoms with E-state index in [-0.39, 0.29) is 11.5 Å². The first-order valence-corrected chi connectivity index (χ1v) is 8.88. The number of nitrogens with zero attached hydrogens (tertiary/aromatic N) is 1. The minimum Gasteiger partial charge on any atom is -0.478 e. The van der Waals surface area contributed by atoms with Crippen molar-refractivity contribution in [2.75, 3.05) is 5.32 Å². The van der Waals surface area contributed by atoms with Gasteiger partial charge < -0.3 is 15.0 Å². The van der Waals surface area contributed by atoms with Crippen molar-refractivity contribution in [1.29, 1.82) is 0 Å². The van der Waals surface area contributed by atoms with Gasteiger partial charge in [0.25, 0.3) is 5.91 Å². The summed E-state index contributed by atoms with van der Waals surface area (Å²) < 4.78 is 1.95. The average Bonchev–Trinajstić information content (AvgIpc) is 3.31. The number of rotatable bonds is 4. The van der Waals surface area contributed by atoms with Crippen LogP contribution < -0.4 is 5.32 Å². The predicted molar refractivity (Wildman–Crippen MR) is 97.0 cm³/mol. The molecule has 0 saturated heterocycles. The molecule has 2 N–H and O–H groups in total. The van der Waals surface area contributed by atoms with Crippen LogP contribution in [0.1, 0.15) is 37.6 Å².